The number of allylic oxidation sites excluding steroid dienone is 2. The van der Waals surface area contributed by atoms with E-state index in [1.807, 2.05) is 12.2 Å². The molecule has 0 saturated carbocycles. The van der Waals surface area contributed by atoms with Crippen LogP contribution in [-0.2, 0) is 4.79 Å². The van der Waals surface area contributed by atoms with Crippen LogP contribution >= 0.6 is 12.6 Å². The largest absolute Gasteiger partial charge is 0.287 e. The van der Waals surface area contributed by atoms with E-state index in [1.165, 1.54) is 0 Å². The molecule has 0 spiro atoms. The van der Waals surface area contributed by atoms with Crippen LogP contribution in [0.4, 0.5) is 0 Å². The maximum absolute atomic E-state index is 10.2. The van der Waals surface area contributed by atoms with Crippen molar-refractivity contribution >= 4 is 17.7 Å². The van der Waals surface area contributed by atoms with E-state index in [4.69, 9.17) is 0 Å². The van der Waals surface area contributed by atoms with Gasteiger partial charge in [0.1, 0.15) is 0 Å². The average molecular weight is 144 g/mol. The number of carbonyl (C=O) groups is 1. The van der Waals surface area contributed by atoms with Crippen molar-refractivity contribution in [1.29, 1.82) is 0 Å². The first-order valence-electron chi connectivity index (χ1n) is 3.01. The van der Waals surface area contributed by atoms with Crippen molar-refractivity contribution in [2.75, 3.05) is 0 Å². The van der Waals surface area contributed by atoms with Gasteiger partial charge in [0.2, 0.25) is 0 Å². The summed E-state index contributed by atoms with van der Waals surface area (Å²) in [5, 5.41) is -0.0769. The van der Waals surface area contributed by atoms with E-state index < -0.39 is 0 Å². The van der Waals surface area contributed by atoms with Crippen LogP contribution in [0.5, 0.6) is 0 Å². The van der Waals surface area contributed by atoms with Crippen molar-refractivity contribution < 1.29 is 4.79 Å². The fraction of sp³-hybridized carbons (Fsp3) is 0.571. The van der Waals surface area contributed by atoms with Gasteiger partial charge in [0.25, 0.3) is 0 Å². The zero-order valence-corrected chi connectivity index (χ0v) is 6.69. The molecule has 0 aromatic carbocycles. The van der Waals surface area contributed by atoms with Gasteiger partial charge in [0, 0.05) is 6.42 Å². The highest BCUT2D eigenvalue weighted by Gasteiger charge is 1.87. The Morgan fingerprint density at radius 3 is 2.56 bits per heavy atom. The Morgan fingerprint density at radius 1 is 1.67 bits per heavy atom. The molecule has 2 heteroatoms. The molecule has 0 aliphatic rings. The molecule has 0 fully saturated rings. The highest BCUT2D eigenvalue weighted by molar-refractivity contribution is 7.96. The van der Waals surface area contributed by atoms with Crippen LogP contribution in [-0.4, -0.2) is 5.12 Å². The summed E-state index contributed by atoms with van der Waals surface area (Å²) in [6.45, 7) is 4.14. The van der Waals surface area contributed by atoms with Crippen molar-refractivity contribution in [2.24, 2.45) is 5.92 Å². The standard InChI is InChI=1S/C7H12OS/c1-6(2)4-3-5-7(8)9/h3-4,6H,5H2,1-2H3,(H,8,9). The Morgan fingerprint density at radius 2 is 2.22 bits per heavy atom. The lowest BCUT2D eigenvalue weighted by Gasteiger charge is -1.90. The van der Waals surface area contributed by atoms with Gasteiger partial charge in [-0.3, -0.25) is 4.79 Å². The van der Waals surface area contributed by atoms with Gasteiger partial charge < -0.3 is 0 Å². The minimum absolute atomic E-state index is 0.0769. The molecule has 0 amide bonds. The summed E-state index contributed by atoms with van der Waals surface area (Å²) in [6, 6.07) is 0. The van der Waals surface area contributed by atoms with Crippen molar-refractivity contribution in [3.8, 4) is 0 Å². The van der Waals surface area contributed by atoms with Crippen LogP contribution in [0.15, 0.2) is 12.2 Å². The fourth-order valence-corrected chi connectivity index (χ4v) is 0.546. The maximum atomic E-state index is 10.2. The topological polar surface area (TPSA) is 17.1 Å². The van der Waals surface area contributed by atoms with E-state index in [0.29, 0.717) is 12.3 Å². The third-order valence-corrected chi connectivity index (χ3v) is 0.996. The molecule has 1 nitrogen and oxygen atoms in total. The van der Waals surface area contributed by atoms with Crippen molar-refractivity contribution in [3.63, 3.8) is 0 Å². The highest BCUT2D eigenvalue weighted by atomic mass is 32.1. The van der Waals surface area contributed by atoms with E-state index in [0.717, 1.165) is 0 Å². The summed E-state index contributed by atoms with van der Waals surface area (Å²) in [5.74, 6) is 0.526. The molecule has 0 aliphatic heterocycles. The molecule has 0 bridgehead atoms. The Hall–Kier alpha value is -0.240. The molecule has 0 atom stereocenters. The normalized spacial score (nSPS) is 11.1. The average Bonchev–Trinajstić information content (AvgIpc) is 1.63. The van der Waals surface area contributed by atoms with Crippen molar-refractivity contribution in [1.82, 2.24) is 0 Å². The van der Waals surface area contributed by atoms with Crippen LogP contribution in [0, 0.1) is 5.92 Å². The summed E-state index contributed by atoms with van der Waals surface area (Å²) >= 11 is 3.61. The van der Waals surface area contributed by atoms with Gasteiger partial charge in [-0.1, -0.05) is 26.0 Å². The highest BCUT2D eigenvalue weighted by Crippen LogP contribution is 1.96. The smallest absolute Gasteiger partial charge is 0.189 e. The van der Waals surface area contributed by atoms with E-state index in [1.54, 1.807) is 0 Å². The minimum Gasteiger partial charge on any atom is -0.287 e. The third kappa shape index (κ3) is 7.76. The SMILES string of the molecule is CC(C)C=CCC(=O)S. The Bertz CT molecular complexity index is 116. The number of hydrogen-bond donors (Lipinski definition) is 1. The molecule has 0 aromatic rings. The third-order valence-electron chi connectivity index (χ3n) is 0.813. The van der Waals surface area contributed by atoms with Crippen molar-refractivity contribution in [3.05, 3.63) is 12.2 Å². The minimum atomic E-state index is -0.0769. The molecule has 52 valence electrons. The lowest BCUT2D eigenvalue weighted by molar-refractivity contribution is -0.110. The Kier molecular flexibility index (Phi) is 4.50. The second-order valence-electron chi connectivity index (χ2n) is 2.27. The maximum Gasteiger partial charge on any atom is 0.189 e. The quantitative estimate of drug-likeness (QED) is 0.474. The van der Waals surface area contributed by atoms with Gasteiger partial charge in [-0.2, -0.15) is 0 Å². The number of hydrogen-bond acceptors (Lipinski definition) is 1. The second kappa shape index (κ2) is 4.62. The summed E-state index contributed by atoms with van der Waals surface area (Å²) in [7, 11) is 0. The van der Waals surface area contributed by atoms with Gasteiger partial charge in [-0.15, -0.1) is 12.6 Å². The number of carbonyl (C=O) groups excluding carboxylic acids is 1. The molecule has 0 radical (unpaired) electrons. The first-order valence-corrected chi connectivity index (χ1v) is 3.46. The predicted molar refractivity (Wildman–Crippen MR) is 42.6 cm³/mol. The molecule has 9 heavy (non-hydrogen) atoms. The van der Waals surface area contributed by atoms with Gasteiger partial charge in [0.15, 0.2) is 5.12 Å². The summed E-state index contributed by atoms with van der Waals surface area (Å²) in [5.41, 5.74) is 0. The Labute approximate surface area is 61.6 Å². The molecule has 0 saturated heterocycles. The monoisotopic (exact) mass is 144 g/mol. The molecular formula is C7H12OS. The molecule has 0 aliphatic carbocycles. The number of rotatable bonds is 3. The van der Waals surface area contributed by atoms with E-state index in [2.05, 4.69) is 26.5 Å². The van der Waals surface area contributed by atoms with E-state index in [9.17, 15) is 4.79 Å². The zero-order chi connectivity index (χ0) is 7.28. The first kappa shape index (κ1) is 8.76. The molecule has 0 rings (SSSR count). The molecule has 0 aromatic heterocycles. The fourth-order valence-electron chi connectivity index (χ4n) is 0.441. The lowest BCUT2D eigenvalue weighted by atomic mass is 10.2. The van der Waals surface area contributed by atoms with Crippen LogP contribution in [0.2, 0.25) is 0 Å². The van der Waals surface area contributed by atoms with Crippen molar-refractivity contribution in [2.45, 2.75) is 20.3 Å². The van der Waals surface area contributed by atoms with Crippen LogP contribution in [0.3, 0.4) is 0 Å². The first-order chi connectivity index (χ1) is 4.13. The van der Waals surface area contributed by atoms with Crippen LogP contribution in [0.25, 0.3) is 0 Å². The molecule has 0 unspecified atom stereocenters. The summed E-state index contributed by atoms with van der Waals surface area (Å²) < 4.78 is 0. The molecule has 0 N–H and O–H groups in total. The van der Waals surface area contributed by atoms with Gasteiger partial charge in [-0.25, -0.2) is 0 Å². The molecule has 0 heterocycles. The summed E-state index contributed by atoms with van der Waals surface area (Å²) in [6.07, 6.45) is 4.29. The summed E-state index contributed by atoms with van der Waals surface area (Å²) in [4.78, 5) is 10.2. The van der Waals surface area contributed by atoms with Gasteiger partial charge in [-0.05, 0) is 5.92 Å². The van der Waals surface area contributed by atoms with Gasteiger partial charge >= 0.3 is 0 Å². The predicted octanol–water partition coefficient (Wildman–Crippen LogP) is 2.05. The Balaban J connectivity index is 3.36. The van der Waals surface area contributed by atoms with Gasteiger partial charge in [0.05, 0.1) is 0 Å². The van der Waals surface area contributed by atoms with Crippen LogP contribution < -0.4 is 0 Å². The molecular weight excluding hydrogens is 132 g/mol. The lowest BCUT2D eigenvalue weighted by Crippen LogP contribution is -1.82. The number of thiol groups is 1. The second-order valence-corrected chi connectivity index (χ2v) is 2.77. The van der Waals surface area contributed by atoms with Crippen LogP contribution in [0.1, 0.15) is 20.3 Å². The van der Waals surface area contributed by atoms with E-state index in [-0.39, 0.29) is 5.12 Å². The zero-order valence-electron chi connectivity index (χ0n) is 5.79. The van der Waals surface area contributed by atoms with E-state index >= 15 is 0 Å².